The smallest absolute Gasteiger partial charge is 0.244 e. The highest BCUT2D eigenvalue weighted by Gasteiger charge is 2.32. The van der Waals surface area contributed by atoms with Gasteiger partial charge in [0, 0.05) is 35.9 Å². The van der Waals surface area contributed by atoms with Crippen molar-refractivity contribution in [3.8, 4) is 0 Å². The van der Waals surface area contributed by atoms with E-state index in [1.54, 1.807) is 17.9 Å². The van der Waals surface area contributed by atoms with Gasteiger partial charge in [0.15, 0.2) is 0 Å². The first-order valence-electron chi connectivity index (χ1n) is 6.85. The lowest BCUT2D eigenvalue weighted by Crippen LogP contribution is -2.53. The van der Waals surface area contributed by atoms with E-state index in [2.05, 4.69) is 0 Å². The summed E-state index contributed by atoms with van der Waals surface area (Å²) in [6.07, 6.45) is 0. The van der Waals surface area contributed by atoms with Crippen molar-refractivity contribution in [3.63, 3.8) is 0 Å². The highest BCUT2D eigenvalue weighted by molar-refractivity contribution is 7.89. The summed E-state index contributed by atoms with van der Waals surface area (Å²) >= 11 is 1.48. The lowest BCUT2D eigenvalue weighted by atomic mass is 10.2. The highest BCUT2D eigenvalue weighted by atomic mass is 32.2. The maximum Gasteiger partial charge on any atom is 0.244 e. The zero-order chi connectivity index (χ0) is 15.8. The van der Waals surface area contributed by atoms with Crippen LogP contribution in [0.4, 0.5) is 0 Å². The molecule has 2 N–H and O–H groups in total. The summed E-state index contributed by atoms with van der Waals surface area (Å²) < 4.78 is 26.7. The fourth-order valence-corrected chi connectivity index (χ4v) is 5.39. The first-order valence-corrected chi connectivity index (χ1v) is 9.10. The number of thiophene rings is 1. The van der Waals surface area contributed by atoms with Crippen molar-refractivity contribution >= 4 is 27.3 Å². The largest absolute Gasteiger partial charge is 0.339 e. The topological polar surface area (TPSA) is 83.7 Å². The van der Waals surface area contributed by atoms with Gasteiger partial charge in [-0.2, -0.15) is 4.31 Å². The minimum atomic E-state index is -3.47. The first-order chi connectivity index (χ1) is 9.73. The highest BCUT2D eigenvalue weighted by Crippen LogP contribution is 2.28. The molecule has 0 spiro atoms. The van der Waals surface area contributed by atoms with Gasteiger partial charge in [-0.25, -0.2) is 8.42 Å². The second kappa shape index (κ2) is 6.04. The van der Waals surface area contributed by atoms with Crippen LogP contribution in [0.5, 0.6) is 0 Å². The van der Waals surface area contributed by atoms with Gasteiger partial charge in [0.2, 0.25) is 15.9 Å². The van der Waals surface area contributed by atoms with Crippen molar-refractivity contribution in [2.45, 2.75) is 31.7 Å². The molecule has 0 aromatic carbocycles. The molecule has 0 unspecified atom stereocenters. The molecule has 0 aliphatic carbocycles. The van der Waals surface area contributed by atoms with Crippen LogP contribution in [0.1, 0.15) is 16.7 Å². The fourth-order valence-electron chi connectivity index (χ4n) is 2.44. The lowest BCUT2D eigenvalue weighted by Gasteiger charge is -2.34. The second-order valence-electron chi connectivity index (χ2n) is 5.30. The average molecular weight is 331 g/mol. The predicted octanol–water partition coefficient (Wildman–Crippen LogP) is 0.545. The van der Waals surface area contributed by atoms with E-state index < -0.39 is 16.1 Å². The number of nitrogens with two attached hydrogens (primary N) is 1. The summed E-state index contributed by atoms with van der Waals surface area (Å²) in [5, 5.41) is 0. The van der Waals surface area contributed by atoms with Crippen molar-refractivity contribution in [1.82, 2.24) is 9.21 Å². The Hall–Kier alpha value is -0.960. The quantitative estimate of drug-likeness (QED) is 0.876. The molecule has 0 saturated carbocycles. The zero-order valence-electron chi connectivity index (χ0n) is 12.5. The van der Waals surface area contributed by atoms with Crippen LogP contribution in [0.2, 0.25) is 0 Å². The SMILES string of the molecule is Cc1cc(S(=O)(=O)N2CCN(C(=O)[C@H](C)N)CC2)c(C)s1. The van der Waals surface area contributed by atoms with Crippen LogP contribution in [0, 0.1) is 13.8 Å². The molecule has 1 amide bonds. The van der Waals surface area contributed by atoms with E-state index in [1.807, 2.05) is 13.8 Å². The van der Waals surface area contributed by atoms with Gasteiger partial charge in [0.1, 0.15) is 0 Å². The molecule has 21 heavy (non-hydrogen) atoms. The van der Waals surface area contributed by atoms with Crippen molar-refractivity contribution < 1.29 is 13.2 Å². The van der Waals surface area contributed by atoms with E-state index in [0.29, 0.717) is 31.1 Å². The molecule has 0 radical (unpaired) electrons. The van der Waals surface area contributed by atoms with Crippen LogP contribution in [0.25, 0.3) is 0 Å². The third-order valence-electron chi connectivity index (χ3n) is 3.55. The Balaban J connectivity index is 2.11. The molecule has 2 rings (SSSR count). The van der Waals surface area contributed by atoms with Crippen LogP contribution in [-0.4, -0.2) is 55.8 Å². The van der Waals surface area contributed by atoms with E-state index in [1.165, 1.54) is 15.6 Å². The molecule has 6 nitrogen and oxygen atoms in total. The van der Waals surface area contributed by atoms with Gasteiger partial charge in [-0.1, -0.05) is 0 Å². The van der Waals surface area contributed by atoms with Crippen LogP contribution in [0.3, 0.4) is 0 Å². The summed E-state index contributed by atoms with van der Waals surface area (Å²) in [5.41, 5.74) is 5.58. The molecule has 1 aromatic rings. The van der Waals surface area contributed by atoms with Crippen molar-refractivity contribution in [1.29, 1.82) is 0 Å². The van der Waals surface area contributed by atoms with Crippen molar-refractivity contribution in [3.05, 3.63) is 15.8 Å². The number of hydrogen-bond acceptors (Lipinski definition) is 5. The molecular weight excluding hydrogens is 310 g/mol. The maximum atomic E-state index is 12.6. The van der Waals surface area contributed by atoms with Gasteiger partial charge in [-0.05, 0) is 26.8 Å². The Morgan fingerprint density at radius 1 is 1.29 bits per heavy atom. The Bertz CT molecular complexity index is 629. The minimum Gasteiger partial charge on any atom is -0.339 e. The van der Waals surface area contributed by atoms with E-state index in [-0.39, 0.29) is 5.91 Å². The molecule has 1 aliphatic rings. The third kappa shape index (κ3) is 3.28. The van der Waals surface area contributed by atoms with Gasteiger partial charge in [-0.3, -0.25) is 4.79 Å². The van der Waals surface area contributed by atoms with Crippen LogP contribution in [0.15, 0.2) is 11.0 Å². The zero-order valence-corrected chi connectivity index (χ0v) is 14.1. The number of carbonyl (C=O) groups excluding carboxylic acids is 1. The summed E-state index contributed by atoms with van der Waals surface area (Å²) in [6.45, 7) is 6.77. The molecule has 8 heteroatoms. The monoisotopic (exact) mass is 331 g/mol. The third-order valence-corrected chi connectivity index (χ3v) is 6.67. The van der Waals surface area contributed by atoms with E-state index in [0.717, 1.165) is 9.75 Å². The number of sulfonamides is 1. The number of carbonyl (C=O) groups is 1. The van der Waals surface area contributed by atoms with Crippen molar-refractivity contribution in [2.75, 3.05) is 26.2 Å². The Kier molecular flexibility index (Phi) is 4.72. The standard InChI is InChI=1S/C13H21N3O3S2/c1-9-8-12(11(3)20-9)21(18,19)16-6-4-15(5-7-16)13(17)10(2)14/h8,10H,4-7,14H2,1-3H3/t10-/m0/s1. The van der Waals surface area contributed by atoms with Crippen LogP contribution >= 0.6 is 11.3 Å². The fraction of sp³-hybridized carbons (Fsp3) is 0.615. The number of aryl methyl sites for hydroxylation is 2. The number of hydrogen-bond donors (Lipinski definition) is 1. The summed E-state index contributed by atoms with van der Waals surface area (Å²) in [4.78, 5) is 15.6. The molecule has 1 aromatic heterocycles. The van der Waals surface area contributed by atoms with Crippen LogP contribution < -0.4 is 5.73 Å². The molecule has 1 aliphatic heterocycles. The summed E-state index contributed by atoms with van der Waals surface area (Å²) in [5.74, 6) is -0.130. The van der Waals surface area contributed by atoms with Gasteiger partial charge in [0.25, 0.3) is 0 Å². The van der Waals surface area contributed by atoms with Gasteiger partial charge >= 0.3 is 0 Å². The van der Waals surface area contributed by atoms with E-state index >= 15 is 0 Å². The number of nitrogens with zero attached hydrogens (tertiary/aromatic N) is 2. The van der Waals surface area contributed by atoms with Crippen LogP contribution in [-0.2, 0) is 14.8 Å². The predicted molar refractivity (Wildman–Crippen MR) is 82.8 cm³/mol. The Labute approximate surface area is 129 Å². The Morgan fingerprint density at radius 3 is 2.29 bits per heavy atom. The maximum absolute atomic E-state index is 12.6. The van der Waals surface area contributed by atoms with E-state index in [4.69, 9.17) is 5.73 Å². The molecule has 118 valence electrons. The number of amides is 1. The molecule has 1 saturated heterocycles. The summed E-state index contributed by atoms with van der Waals surface area (Å²) in [6, 6.07) is 1.17. The normalized spacial score (nSPS) is 18.8. The minimum absolute atomic E-state index is 0.130. The Morgan fingerprint density at radius 2 is 1.86 bits per heavy atom. The molecular formula is C13H21N3O3S2. The van der Waals surface area contributed by atoms with Gasteiger partial charge in [-0.15, -0.1) is 11.3 Å². The number of piperazine rings is 1. The molecule has 1 fully saturated rings. The molecule has 1 atom stereocenters. The first kappa shape index (κ1) is 16.4. The summed E-state index contributed by atoms with van der Waals surface area (Å²) in [7, 11) is -3.47. The lowest BCUT2D eigenvalue weighted by molar-refractivity contribution is -0.133. The molecule has 2 heterocycles. The van der Waals surface area contributed by atoms with Crippen molar-refractivity contribution in [2.24, 2.45) is 5.73 Å². The average Bonchev–Trinajstić information content (AvgIpc) is 2.77. The second-order valence-corrected chi connectivity index (χ2v) is 8.66. The van der Waals surface area contributed by atoms with Gasteiger partial charge in [0.05, 0.1) is 10.9 Å². The number of rotatable bonds is 3. The van der Waals surface area contributed by atoms with E-state index in [9.17, 15) is 13.2 Å². The molecule has 0 bridgehead atoms. The van der Waals surface area contributed by atoms with Gasteiger partial charge < -0.3 is 10.6 Å².